The van der Waals surface area contributed by atoms with Crippen LogP contribution in [0.4, 0.5) is 13.2 Å². The van der Waals surface area contributed by atoms with Crippen LogP contribution in [0.25, 0.3) is 0 Å². The van der Waals surface area contributed by atoms with Crippen molar-refractivity contribution in [1.82, 2.24) is 20.2 Å². The Kier molecular flexibility index (Phi) is 5.43. The molecule has 2 rings (SSSR count). The number of amides is 1. The van der Waals surface area contributed by atoms with Gasteiger partial charge in [0.15, 0.2) is 0 Å². The van der Waals surface area contributed by atoms with Crippen molar-refractivity contribution in [1.29, 1.82) is 0 Å². The monoisotopic (exact) mass is 351 g/mol. The average molecular weight is 351 g/mol. The largest absolute Gasteiger partial charge is 0.453 e. The molecule has 1 aromatic heterocycles. The number of carbonyl (C=O) groups excluding carboxylic acids is 1. The maximum atomic E-state index is 12.6. The molecule has 1 heterocycles. The molecule has 0 saturated heterocycles. The summed E-state index contributed by atoms with van der Waals surface area (Å²) in [6.07, 6.45) is -0.449. The van der Waals surface area contributed by atoms with Gasteiger partial charge >= 0.3 is 6.18 Å². The summed E-state index contributed by atoms with van der Waals surface area (Å²) in [5.41, 5.74) is 0. The number of alkyl halides is 3. The van der Waals surface area contributed by atoms with Gasteiger partial charge in [-0.2, -0.15) is 13.2 Å². The third kappa shape index (κ3) is 4.30. The predicted octanol–water partition coefficient (Wildman–Crippen LogP) is 2.19. The Morgan fingerprint density at radius 2 is 2.04 bits per heavy atom. The standard InChI is InChI=1S/C13H20F3N5OS/c1-7-5-3-4-6-9(7)18-10(22)8(2)23-12-20-19-11(21(12)17)13(14,15)16/h7-9H,3-6,17H2,1-2H3,(H,18,22)/t7-,8+,9+/m0/s1. The van der Waals surface area contributed by atoms with E-state index in [0.717, 1.165) is 37.4 Å². The third-order valence-corrected chi connectivity index (χ3v) is 5.07. The molecular formula is C13H20F3N5OS. The summed E-state index contributed by atoms with van der Waals surface area (Å²) in [7, 11) is 0. The zero-order valence-electron chi connectivity index (χ0n) is 12.9. The van der Waals surface area contributed by atoms with Crippen LogP contribution in [0.1, 0.15) is 45.4 Å². The van der Waals surface area contributed by atoms with Gasteiger partial charge < -0.3 is 11.2 Å². The number of nitrogens with two attached hydrogens (primary N) is 1. The Morgan fingerprint density at radius 1 is 1.39 bits per heavy atom. The highest BCUT2D eigenvalue weighted by Crippen LogP contribution is 2.30. The van der Waals surface area contributed by atoms with Gasteiger partial charge in [0.25, 0.3) is 5.82 Å². The quantitative estimate of drug-likeness (QED) is 0.641. The lowest BCUT2D eigenvalue weighted by atomic mass is 9.86. The Bertz CT molecular complexity index is 562. The van der Waals surface area contributed by atoms with Gasteiger partial charge in [0, 0.05) is 6.04 Å². The summed E-state index contributed by atoms with van der Waals surface area (Å²) in [6, 6.07) is 0.112. The van der Waals surface area contributed by atoms with Gasteiger partial charge in [0.05, 0.1) is 5.25 Å². The Morgan fingerprint density at radius 3 is 2.61 bits per heavy atom. The van der Waals surface area contributed by atoms with E-state index >= 15 is 0 Å². The molecule has 0 unspecified atom stereocenters. The first-order chi connectivity index (χ1) is 10.7. The SMILES string of the molecule is C[C@@H](Sc1nnc(C(F)(F)F)n1N)C(=O)N[C@@H]1CCCC[C@@H]1C. The minimum atomic E-state index is -4.68. The second-order valence-electron chi connectivity index (χ2n) is 5.81. The Hall–Kier alpha value is -1.45. The molecule has 130 valence electrons. The van der Waals surface area contributed by atoms with Gasteiger partial charge in [-0.1, -0.05) is 31.5 Å². The van der Waals surface area contributed by atoms with E-state index < -0.39 is 17.3 Å². The highest BCUT2D eigenvalue weighted by Gasteiger charge is 2.38. The molecule has 3 N–H and O–H groups in total. The summed E-state index contributed by atoms with van der Waals surface area (Å²) in [4.78, 5) is 12.2. The lowest BCUT2D eigenvalue weighted by Gasteiger charge is -2.30. The molecule has 0 spiro atoms. The van der Waals surface area contributed by atoms with Crippen LogP contribution in [0.2, 0.25) is 0 Å². The van der Waals surface area contributed by atoms with E-state index in [1.807, 2.05) is 0 Å². The van der Waals surface area contributed by atoms with Crippen LogP contribution >= 0.6 is 11.8 Å². The Labute approximate surface area is 136 Å². The van der Waals surface area contributed by atoms with Crippen LogP contribution in [-0.4, -0.2) is 32.1 Å². The van der Waals surface area contributed by atoms with E-state index in [2.05, 4.69) is 22.4 Å². The van der Waals surface area contributed by atoms with Crippen molar-refractivity contribution < 1.29 is 18.0 Å². The van der Waals surface area contributed by atoms with E-state index in [0.29, 0.717) is 10.6 Å². The van der Waals surface area contributed by atoms with Crippen LogP contribution in [0.5, 0.6) is 0 Å². The number of hydrogen-bond donors (Lipinski definition) is 2. The number of rotatable bonds is 4. The maximum Gasteiger partial charge on any atom is 0.453 e. The van der Waals surface area contributed by atoms with E-state index in [9.17, 15) is 18.0 Å². The summed E-state index contributed by atoms with van der Waals surface area (Å²) in [5.74, 6) is 4.25. The molecule has 1 fully saturated rings. The van der Waals surface area contributed by atoms with E-state index in [-0.39, 0.29) is 17.1 Å². The second-order valence-corrected chi connectivity index (χ2v) is 7.12. The highest BCUT2D eigenvalue weighted by atomic mass is 32.2. The minimum Gasteiger partial charge on any atom is -0.352 e. The summed E-state index contributed by atoms with van der Waals surface area (Å²) in [5, 5.41) is 8.66. The number of nitrogens with one attached hydrogen (secondary N) is 1. The summed E-state index contributed by atoms with van der Waals surface area (Å²) in [6.45, 7) is 3.70. The average Bonchev–Trinajstić information content (AvgIpc) is 2.82. The van der Waals surface area contributed by atoms with Crippen LogP contribution in [0.15, 0.2) is 5.16 Å². The fourth-order valence-electron chi connectivity index (χ4n) is 2.59. The van der Waals surface area contributed by atoms with E-state index in [1.165, 1.54) is 0 Å². The number of hydrogen-bond acceptors (Lipinski definition) is 5. The molecule has 0 aliphatic heterocycles. The fraction of sp³-hybridized carbons (Fsp3) is 0.769. The van der Waals surface area contributed by atoms with E-state index in [4.69, 9.17) is 5.84 Å². The van der Waals surface area contributed by atoms with Crippen molar-refractivity contribution in [2.24, 2.45) is 5.92 Å². The summed E-state index contributed by atoms with van der Waals surface area (Å²) >= 11 is 0.857. The molecule has 0 aromatic carbocycles. The number of nitrogens with zero attached hydrogens (tertiary/aromatic N) is 3. The molecule has 0 bridgehead atoms. The first-order valence-electron chi connectivity index (χ1n) is 7.45. The summed E-state index contributed by atoms with van der Waals surface area (Å²) < 4.78 is 38.2. The molecular weight excluding hydrogens is 331 g/mol. The molecule has 23 heavy (non-hydrogen) atoms. The molecule has 1 amide bonds. The zero-order valence-corrected chi connectivity index (χ0v) is 13.7. The van der Waals surface area contributed by atoms with Crippen molar-refractivity contribution in [3.63, 3.8) is 0 Å². The third-order valence-electron chi connectivity index (χ3n) is 4.01. The van der Waals surface area contributed by atoms with E-state index in [1.54, 1.807) is 6.92 Å². The van der Waals surface area contributed by atoms with Gasteiger partial charge in [-0.3, -0.25) is 4.79 Å². The van der Waals surface area contributed by atoms with Crippen LogP contribution in [0, 0.1) is 5.92 Å². The zero-order chi connectivity index (χ0) is 17.2. The molecule has 6 nitrogen and oxygen atoms in total. The molecule has 1 aromatic rings. The number of thioether (sulfide) groups is 1. The van der Waals surface area contributed by atoms with Crippen molar-refractivity contribution >= 4 is 17.7 Å². The number of aromatic nitrogens is 3. The van der Waals surface area contributed by atoms with Gasteiger partial charge in [-0.25, -0.2) is 4.68 Å². The van der Waals surface area contributed by atoms with Gasteiger partial charge in [-0.05, 0) is 25.7 Å². The first kappa shape index (κ1) is 17.9. The van der Waals surface area contributed by atoms with Crippen molar-refractivity contribution in [2.45, 2.75) is 62.2 Å². The smallest absolute Gasteiger partial charge is 0.352 e. The van der Waals surface area contributed by atoms with Crippen molar-refractivity contribution in [3.8, 4) is 0 Å². The molecule has 1 saturated carbocycles. The van der Waals surface area contributed by atoms with Crippen LogP contribution < -0.4 is 11.2 Å². The molecule has 0 radical (unpaired) electrons. The van der Waals surface area contributed by atoms with Crippen molar-refractivity contribution in [2.75, 3.05) is 5.84 Å². The number of halogens is 3. The number of carbonyl (C=O) groups is 1. The van der Waals surface area contributed by atoms with Gasteiger partial charge in [-0.15, -0.1) is 10.2 Å². The van der Waals surface area contributed by atoms with Crippen molar-refractivity contribution in [3.05, 3.63) is 5.82 Å². The molecule has 1 aliphatic carbocycles. The normalized spacial score (nSPS) is 23.5. The first-order valence-corrected chi connectivity index (χ1v) is 8.33. The molecule has 3 atom stereocenters. The van der Waals surface area contributed by atoms with Crippen LogP contribution in [0.3, 0.4) is 0 Å². The lowest BCUT2D eigenvalue weighted by Crippen LogP contribution is -2.44. The lowest BCUT2D eigenvalue weighted by molar-refractivity contribution is -0.146. The fourth-order valence-corrected chi connectivity index (χ4v) is 3.37. The van der Waals surface area contributed by atoms with Gasteiger partial charge in [0.2, 0.25) is 11.1 Å². The second kappa shape index (κ2) is 6.98. The highest BCUT2D eigenvalue weighted by molar-refractivity contribution is 8.00. The van der Waals surface area contributed by atoms with Gasteiger partial charge in [0.1, 0.15) is 0 Å². The minimum absolute atomic E-state index is 0.112. The molecule has 1 aliphatic rings. The Balaban J connectivity index is 1.97. The van der Waals surface area contributed by atoms with Crippen LogP contribution in [-0.2, 0) is 11.0 Å². The topological polar surface area (TPSA) is 85.8 Å². The maximum absolute atomic E-state index is 12.6. The predicted molar refractivity (Wildman–Crippen MR) is 80.1 cm³/mol. The number of nitrogen functional groups attached to an aromatic ring is 1. The molecule has 10 heteroatoms.